The van der Waals surface area contributed by atoms with Gasteiger partial charge in [-0.05, 0) is 74.8 Å². The van der Waals surface area contributed by atoms with Crippen molar-refractivity contribution in [2.45, 2.75) is 85.0 Å². The molecule has 240 valence electrons. The number of carbonyl (C=O) groups is 4. The Labute approximate surface area is 259 Å². The van der Waals surface area contributed by atoms with Crippen LogP contribution in [0.15, 0.2) is 48.5 Å². The van der Waals surface area contributed by atoms with Gasteiger partial charge in [-0.25, -0.2) is 10.3 Å². The van der Waals surface area contributed by atoms with Crippen LogP contribution < -0.4 is 26.2 Å². The zero-order chi connectivity index (χ0) is 32.3. The van der Waals surface area contributed by atoms with Crippen LogP contribution in [-0.4, -0.2) is 47.3 Å². The second kappa shape index (κ2) is 16.1. The van der Waals surface area contributed by atoms with Gasteiger partial charge in [0.05, 0.1) is 12.5 Å². The smallest absolute Gasteiger partial charge is 0.407 e. The molecule has 2 aliphatic rings. The van der Waals surface area contributed by atoms with Crippen LogP contribution in [0.3, 0.4) is 0 Å². The molecule has 4 amide bonds. The number of nitrogens with one attached hydrogen (secondary N) is 4. The van der Waals surface area contributed by atoms with Crippen molar-refractivity contribution in [1.82, 2.24) is 21.4 Å². The second-order valence-corrected chi connectivity index (χ2v) is 12.6. The Balaban J connectivity index is 1.73. The molecule has 0 aromatic heterocycles. The molecule has 0 spiro atoms. The van der Waals surface area contributed by atoms with E-state index in [4.69, 9.17) is 9.47 Å². The molecule has 2 bridgehead atoms. The molecule has 4 rings (SSSR count). The van der Waals surface area contributed by atoms with E-state index in [1.807, 2.05) is 62.4 Å². The molecule has 0 fully saturated rings. The van der Waals surface area contributed by atoms with Crippen molar-refractivity contribution in [3.05, 3.63) is 65.2 Å². The summed E-state index contributed by atoms with van der Waals surface area (Å²) in [6.45, 7) is 10.2. The Morgan fingerprint density at radius 3 is 2.16 bits per heavy atom. The van der Waals surface area contributed by atoms with Crippen molar-refractivity contribution in [1.29, 1.82) is 0 Å². The molecule has 0 radical (unpaired) electrons. The highest BCUT2D eigenvalue weighted by molar-refractivity contribution is 5.91. The van der Waals surface area contributed by atoms with Gasteiger partial charge in [-0.2, -0.15) is 0 Å². The zero-order valence-corrected chi connectivity index (χ0v) is 26.3. The van der Waals surface area contributed by atoms with Gasteiger partial charge in [-0.15, -0.1) is 0 Å². The van der Waals surface area contributed by atoms with Gasteiger partial charge in [-0.3, -0.25) is 19.6 Å². The lowest BCUT2D eigenvalue weighted by Gasteiger charge is -2.29. The summed E-state index contributed by atoms with van der Waals surface area (Å²) in [6, 6.07) is 13.9. The van der Waals surface area contributed by atoms with E-state index in [0.29, 0.717) is 38.2 Å². The van der Waals surface area contributed by atoms with Gasteiger partial charge in [-0.1, -0.05) is 50.2 Å². The van der Waals surface area contributed by atoms with Crippen LogP contribution in [0.2, 0.25) is 0 Å². The van der Waals surface area contributed by atoms with Crippen LogP contribution in [0.5, 0.6) is 5.75 Å². The Morgan fingerprint density at radius 2 is 1.59 bits per heavy atom. The van der Waals surface area contributed by atoms with E-state index in [9.17, 15) is 24.4 Å². The van der Waals surface area contributed by atoms with Crippen LogP contribution in [0.1, 0.15) is 70.6 Å². The van der Waals surface area contributed by atoms with Gasteiger partial charge in [0.2, 0.25) is 17.7 Å². The van der Waals surface area contributed by atoms with Gasteiger partial charge < -0.3 is 25.4 Å². The molecule has 2 heterocycles. The van der Waals surface area contributed by atoms with Crippen molar-refractivity contribution >= 4 is 23.8 Å². The van der Waals surface area contributed by atoms with Crippen molar-refractivity contribution in [3.8, 4) is 5.75 Å². The molecule has 0 saturated carbocycles. The van der Waals surface area contributed by atoms with Gasteiger partial charge in [0.1, 0.15) is 17.4 Å². The van der Waals surface area contributed by atoms with E-state index in [2.05, 4.69) is 16.0 Å². The molecule has 0 aliphatic carbocycles. The molecule has 44 heavy (non-hydrogen) atoms. The minimum absolute atomic E-state index is 0.0938. The molecular formula is C33H46N4O7. The largest absolute Gasteiger partial charge is 0.494 e. The summed E-state index contributed by atoms with van der Waals surface area (Å²) >= 11 is 0. The van der Waals surface area contributed by atoms with Crippen molar-refractivity contribution < 1.29 is 33.9 Å². The Bertz CT molecular complexity index is 1260. The third-order valence-electron chi connectivity index (χ3n) is 7.24. The van der Waals surface area contributed by atoms with Gasteiger partial charge in [0.25, 0.3) is 0 Å². The summed E-state index contributed by atoms with van der Waals surface area (Å²) < 4.78 is 11.1. The average molecular weight is 611 g/mol. The lowest BCUT2D eigenvalue weighted by molar-refractivity contribution is -0.142. The first-order valence-electron chi connectivity index (χ1n) is 15.1. The summed E-state index contributed by atoms with van der Waals surface area (Å²) in [5.41, 5.74) is 3.68. The molecule has 2 aromatic rings. The summed E-state index contributed by atoms with van der Waals surface area (Å²) in [6.07, 6.45) is 0.970. The number of hydroxylamine groups is 1. The number of hydrogen-bond donors (Lipinski definition) is 5. The second-order valence-electron chi connectivity index (χ2n) is 12.6. The van der Waals surface area contributed by atoms with Crippen LogP contribution in [-0.2, 0) is 38.6 Å². The summed E-state index contributed by atoms with van der Waals surface area (Å²) in [5.74, 6) is -2.19. The van der Waals surface area contributed by atoms with E-state index >= 15 is 0 Å². The topological polar surface area (TPSA) is 155 Å². The molecule has 11 heteroatoms. The predicted octanol–water partition coefficient (Wildman–Crippen LogP) is 4.01. The maximum atomic E-state index is 13.7. The van der Waals surface area contributed by atoms with Crippen LogP contribution >= 0.6 is 0 Å². The lowest BCUT2D eigenvalue weighted by atomic mass is 9.81. The van der Waals surface area contributed by atoms with E-state index < -0.39 is 41.4 Å². The fourth-order valence-corrected chi connectivity index (χ4v) is 5.07. The third kappa shape index (κ3) is 11.2. The Hall–Kier alpha value is -4.12. The number of benzene rings is 2. The molecular weight excluding hydrogens is 564 g/mol. The number of rotatable bonds is 8. The quantitative estimate of drug-likeness (QED) is 0.223. The van der Waals surface area contributed by atoms with Crippen LogP contribution in [0, 0.1) is 17.8 Å². The fourth-order valence-electron chi connectivity index (χ4n) is 5.07. The number of ether oxygens (including phenoxy) is 2. The first kappa shape index (κ1) is 34.4. The predicted molar refractivity (Wildman–Crippen MR) is 165 cm³/mol. The van der Waals surface area contributed by atoms with E-state index in [-0.39, 0.29) is 24.8 Å². The fraction of sp³-hybridized carbons (Fsp3) is 0.515. The molecule has 11 nitrogen and oxygen atoms in total. The van der Waals surface area contributed by atoms with Gasteiger partial charge in [0.15, 0.2) is 0 Å². The van der Waals surface area contributed by atoms with E-state index in [1.54, 1.807) is 26.3 Å². The molecule has 0 saturated heterocycles. The Kier molecular flexibility index (Phi) is 12.6. The van der Waals surface area contributed by atoms with E-state index in [0.717, 1.165) is 16.7 Å². The minimum atomic E-state index is -0.901. The maximum absolute atomic E-state index is 13.7. The number of fused-ring (bicyclic) bond motifs is 11. The number of hydrogen-bond acceptors (Lipinski definition) is 7. The zero-order valence-electron chi connectivity index (χ0n) is 26.3. The summed E-state index contributed by atoms with van der Waals surface area (Å²) in [4.78, 5) is 51.8. The van der Waals surface area contributed by atoms with Gasteiger partial charge >= 0.3 is 6.09 Å². The highest BCUT2D eigenvalue weighted by Gasteiger charge is 2.36. The number of carbonyl (C=O) groups excluding carboxylic acids is 4. The van der Waals surface area contributed by atoms with Crippen molar-refractivity contribution in [2.75, 3.05) is 6.61 Å². The normalized spacial score (nSPS) is 19.2. The first-order valence-corrected chi connectivity index (χ1v) is 15.1. The van der Waals surface area contributed by atoms with Crippen molar-refractivity contribution in [3.63, 3.8) is 0 Å². The number of amides is 4. The standard InChI is InChI=1S/C33H46N4O7/c1-21(2)17-27-26(30(39)37-42)7-6-16-43-25-14-12-22(13-15-25)18-28(36-29(27)38)31(40)34-19-23-8-10-24(11-9-23)20-35-32(41)44-33(3,4)5/h8-15,21,26-28,42H,6-7,16-20H2,1-5H3,(H,34,40)(H,35,41)(H,36,38)(H,37,39)/t26-,27+,28-/m0/s1. The molecule has 3 atom stereocenters. The summed E-state index contributed by atoms with van der Waals surface area (Å²) in [5, 5.41) is 18.0. The number of alkyl carbamates (subject to hydrolysis) is 1. The van der Waals surface area contributed by atoms with E-state index in [1.165, 1.54) is 0 Å². The maximum Gasteiger partial charge on any atom is 0.407 e. The SMILES string of the molecule is CC(C)C[C@H]1C(=O)N[C@H](C(=O)NCc2ccc(CNC(=O)OC(C)(C)C)cc2)Cc2ccc(cc2)OCCC[C@@H]1C(=O)NO. The van der Waals surface area contributed by atoms with Crippen LogP contribution in [0.4, 0.5) is 4.79 Å². The first-order chi connectivity index (χ1) is 20.8. The molecule has 0 unspecified atom stereocenters. The Morgan fingerprint density at radius 1 is 0.977 bits per heavy atom. The molecule has 5 N–H and O–H groups in total. The highest BCUT2D eigenvalue weighted by Crippen LogP contribution is 2.27. The third-order valence-corrected chi connectivity index (χ3v) is 7.24. The molecule has 2 aliphatic heterocycles. The average Bonchev–Trinajstić information content (AvgIpc) is 2.97. The molecule has 2 aromatic carbocycles. The monoisotopic (exact) mass is 610 g/mol. The van der Waals surface area contributed by atoms with Crippen molar-refractivity contribution in [2.24, 2.45) is 17.8 Å². The highest BCUT2D eigenvalue weighted by atomic mass is 16.6. The van der Waals surface area contributed by atoms with Crippen LogP contribution in [0.25, 0.3) is 0 Å². The lowest BCUT2D eigenvalue weighted by Crippen LogP contribution is -2.51. The summed E-state index contributed by atoms with van der Waals surface area (Å²) in [7, 11) is 0. The minimum Gasteiger partial charge on any atom is -0.494 e. The van der Waals surface area contributed by atoms with Gasteiger partial charge in [0, 0.05) is 25.4 Å².